The van der Waals surface area contributed by atoms with Gasteiger partial charge >= 0.3 is 0 Å². The van der Waals surface area contributed by atoms with Gasteiger partial charge in [0.05, 0.1) is 0 Å². The molecule has 1 aliphatic rings. The molecule has 1 N–H and O–H groups in total. The van der Waals surface area contributed by atoms with E-state index in [1.165, 1.54) is 13.0 Å². The van der Waals surface area contributed by atoms with E-state index in [4.69, 9.17) is 0 Å². The molecule has 10 heavy (non-hydrogen) atoms. The Morgan fingerprint density at radius 2 is 2.10 bits per heavy atom. The van der Waals surface area contributed by atoms with Crippen LogP contribution in [-0.4, -0.2) is 17.7 Å². The molecule has 0 saturated carbocycles. The van der Waals surface area contributed by atoms with Crippen molar-refractivity contribution in [1.29, 1.82) is 0 Å². The second-order valence-corrected chi connectivity index (χ2v) is 5.15. The van der Waals surface area contributed by atoms with Crippen LogP contribution in [0.2, 0.25) is 0 Å². The molecular weight excluding hydrogens is 142 g/mol. The van der Waals surface area contributed by atoms with Crippen LogP contribution in [0.15, 0.2) is 0 Å². The summed E-state index contributed by atoms with van der Waals surface area (Å²) >= 11 is 2.06. The van der Waals surface area contributed by atoms with Gasteiger partial charge in [0.1, 0.15) is 0 Å². The smallest absolute Gasteiger partial charge is 0.0420 e. The molecule has 0 amide bonds. The van der Waals surface area contributed by atoms with Gasteiger partial charge in [-0.2, -0.15) is 0 Å². The molecule has 60 valence electrons. The molecular formula is C8H17NS. The molecule has 0 radical (unpaired) electrons. The quantitative estimate of drug-likeness (QED) is 0.581. The molecule has 0 aromatic rings. The number of hydrogen-bond donors (Lipinski definition) is 1. The first-order chi connectivity index (χ1) is 4.61. The van der Waals surface area contributed by atoms with Crippen LogP contribution in [0.25, 0.3) is 0 Å². The molecule has 1 saturated heterocycles. The molecule has 0 spiro atoms. The summed E-state index contributed by atoms with van der Waals surface area (Å²) in [6, 6.07) is 0. The van der Waals surface area contributed by atoms with E-state index in [1.54, 1.807) is 0 Å². The maximum absolute atomic E-state index is 3.35. The third kappa shape index (κ3) is 2.17. The minimum absolute atomic E-state index is 0.493. The van der Waals surface area contributed by atoms with Crippen LogP contribution in [0.3, 0.4) is 0 Å². The summed E-state index contributed by atoms with van der Waals surface area (Å²) in [5, 5.41) is 4.21. The maximum atomic E-state index is 3.35. The Kier molecular flexibility index (Phi) is 2.64. The molecule has 2 heteroatoms. The number of rotatable bonds is 0. The molecule has 1 fully saturated rings. The van der Waals surface area contributed by atoms with Crippen molar-refractivity contribution in [2.45, 2.75) is 32.4 Å². The van der Waals surface area contributed by atoms with E-state index in [-0.39, 0.29) is 0 Å². The van der Waals surface area contributed by atoms with Gasteiger partial charge in [-0.25, -0.2) is 0 Å². The third-order valence-electron chi connectivity index (χ3n) is 1.94. The average molecular weight is 159 g/mol. The summed E-state index contributed by atoms with van der Waals surface area (Å²) in [7, 11) is 0. The highest BCUT2D eigenvalue weighted by Gasteiger charge is 2.26. The van der Waals surface area contributed by atoms with E-state index in [0.29, 0.717) is 5.41 Å². The SMILES string of the molecule is CC(C)(C)C1CCNCS1. The maximum Gasteiger partial charge on any atom is 0.0420 e. The predicted octanol–water partition coefficient (Wildman–Crippen LogP) is 2.09. The number of hydrogen-bond acceptors (Lipinski definition) is 2. The molecule has 0 aromatic carbocycles. The summed E-state index contributed by atoms with van der Waals surface area (Å²) in [5.41, 5.74) is 0.493. The Morgan fingerprint density at radius 1 is 1.40 bits per heavy atom. The minimum Gasteiger partial charge on any atom is -0.308 e. The second-order valence-electron chi connectivity index (χ2n) is 3.95. The van der Waals surface area contributed by atoms with Crippen molar-refractivity contribution >= 4 is 11.8 Å². The Bertz CT molecular complexity index is 100. The summed E-state index contributed by atoms with van der Waals surface area (Å²) in [6.07, 6.45) is 1.33. The molecule has 1 heterocycles. The van der Waals surface area contributed by atoms with Crippen molar-refractivity contribution < 1.29 is 0 Å². The Morgan fingerprint density at radius 3 is 2.40 bits per heavy atom. The van der Waals surface area contributed by atoms with Gasteiger partial charge in [0.2, 0.25) is 0 Å². The van der Waals surface area contributed by atoms with Crippen LogP contribution in [0, 0.1) is 5.41 Å². The van der Waals surface area contributed by atoms with Crippen LogP contribution in [0.4, 0.5) is 0 Å². The first kappa shape index (κ1) is 8.41. The van der Waals surface area contributed by atoms with Gasteiger partial charge in [-0.15, -0.1) is 11.8 Å². The summed E-state index contributed by atoms with van der Waals surface area (Å²) in [6.45, 7) is 8.19. The van der Waals surface area contributed by atoms with Crippen LogP contribution in [-0.2, 0) is 0 Å². The van der Waals surface area contributed by atoms with Gasteiger partial charge in [-0.3, -0.25) is 0 Å². The molecule has 1 aliphatic heterocycles. The van der Waals surface area contributed by atoms with Gasteiger partial charge in [-0.05, 0) is 18.4 Å². The molecule has 0 aliphatic carbocycles. The zero-order chi connectivity index (χ0) is 7.61. The van der Waals surface area contributed by atoms with Crippen LogP contribution in [0.5, 0.6) is 0 Å². The van der Waals surface area contributed by atoms with Crippen LogP contribution >= 0.6 is 11.8 Å². The van der Waals surface area contributed by atoms with Gasteiger partial charge in [0.25, 0.3) is 0 Å². The molecule has 1 rings (SSSR count). The number of thioether (sulfide) groups is 1. The van der Waals surface area contributed by atoms with E-state index in [9.17, 15) is 0 Å². The Labute approximate surface area is 68.0 Å². The lowest BCUT2D eigenvalue weighted by atomic mass is 9.90. The van der Waals surface area contributed by atoms with E-state index < -0.39 is 0 Å². The fourth-order valence-electron chi connectivity index (χ4n) is 1.23. The van der Waals surface area contributed by atoms with Crippen molar-refractivity contribution in [3.63, 3.8) is 0 Å². The molecule has 1 nitrogen and oxygen atoms in total. The lowest BCUT2D eigenvalue weighted by Crippen LogP contribution is -2.34. The Hall–Kier alpha value is 0.310. The first-order valence-corrected chi connectivity index (χ1v) is 4.98. The molecule has 0 bridgehead atoms. The van der Waals surface area contributed by atoms with E-state index >= 15 is 0 Å². The largest absolute Gasteiger partial charge is 0.308 e. The normalized spacial score (nSPS) is 28.5. The molecule has 1 atom stereocenters. The van der Waals surface area contributed by atoms with Crippen molar-refractivity contribution in [2.24, 2.45) is 5.41 Å². The first-order valence-electron chi connectivity index (χ1n) is 3.93. The summed E-state index contributed by atoms with van der Waals surface area (Å²) < 4.78 is 0. The van der Waals surface area contributed by atoms with Crippen molar-refractivity contribution in [3.8, 4) is 0 Å². The number of nitrogens with one attached hydrogen (secondary N) is 1. The highest BCUT2D eigenvalue weighted by Crippen LogP contribution is 2.33. The minimum atomic E-state index is 0.493. The van der Waals surface area contributed by atoms with Gasteiger partial charge in [0, 0.05) is 11.1 Å². The standard InChI is InChI=1S/C8H17NS/c1-8(2,3)7-4-5-9-6-10-7/h7,9H,4-6H2,1-3H3. The highest BCUT2D eigenvalue weighted by molar-refractivity contribution is 7.99. The fraction of sp³-hybridized carbons (Fsp3) is 1.00. The highest BCUT2D eigenvalue weighted by atomic mass is 32.2. The van der Waals surface area contributed by atoms with Gasteiger partial charge in [0.15, 0.2) is 0 Å². The fourth-order valence-corrected chi connectivity index (χ4v) is 2.48. The molecule has 1 unspecified atom stereocenters. The lowest BCUT2D eigenvalue weighted by molar-refractivity contribution is 0.370. The van der Waals surface area contributed by atoms with Crippen molar-refractivity contribution in [3.05, 3.63) is 0 Å². The van der Waals surface area contributed by atoms with Crippen molar-refractivity contribution in [2.75, 3.05) is 12.4 Å². The van der Waals surface area contributed by atoms with Crippen LogP contribution < -0.4 is 5.32 Å². The predicted molar refractivity (Wildman–Crippen MR) is 48.3 cm³/mol. The summed E-state index contributed by atoms with van der Waals surface area (Å²) in [4.78, 5) is 0. The van der Waals surface area contributed by atoms with Gasteiger partial charge < -0.3 is 5.32 Å². The zero-order valence-corrected chi connectivity index (χ0v) is 7.92. The van der Waals surface area contributed by atoms with Gasteiger partial charge in [-0.1, -0.05) is 20.8 Å². The Balaban J connectivity index is 2.39. The van der Waals surface area contributed by atoms with E-state index in [2.05, 4.69) is 37.8 Å². The average Bonchev–Trinajstić information content (AvgIpc) is 1.88. The monoisotopic (exact) mass is 159 g/mol. The second kappa shape index (κ2) is 3.14. The zero-order valence-electron chi connectivity index (χ0n) is 7.11. The van der Waals surface area contributed by atoms with E-state index in [0.717, 1.165) is 11.1 Å². The lowest BCUT2D eigenvalue weighted by Gasteiger charge is -2.33. The third-order valence-corrected chi connectivity index (χ3v) is 3.65. The van der Waals surface area contributed by atoms with Crippen molar-refractivity contribution in [1.82, 2.24) is 5.32 Å². The topological polar surface area (TPSA) is 12.0 Å². The molecule has 0 aromatic heterocycles. The van der Waals surface area contributed by atoms with Crippen LogP contribution in [0.1, 0.15) is 27.2 Å². The summed E-state index contributed by atoms with van der Waals surface area (Å²) in [5.74, 6) is 1.14. The van der Waals surface area contributed by atoms with E-state index in [1.807, 2.05) is 0 Å².